The Morgan fingerprint density at radius 2 is 2.14 bits per heavy atom. The quantitative estimate of drug-likeness (QED) is 0.791. The first-order valence-electron chi connectivity index (χ1n) is 7.35. The molecule has 1 aromatic heterocycles. The van der Waals surface area contributed by atoms with E-state index in [4.69, 9.17) is 19.0 Å². The van der Waals surface area contributed by atoms with Crippen LogP contribution >= 0.6 is 0 Å². The highest BCUT2D eigenvalue weighted by atomic mass is 16.5. The van der Waals surface area contributed by atoms with E-state index in [2.05, 4.69) is 5.32 Å². The number of aromatic carboxylic acids is 1. The largest absolute Gasteiger partial charge is 0.478 e. The predicted molar refractivity (Wildman–Crippen MR) is 76.7 cm³/mol. The van der Waals surface area contributed by atoms with Gasteiger partial charge in [0.1, 0.15) is 17.1 Å². The van der Waals surface area contributed by atoms with Crippen LogP contribution in [0.5, 0.6) is 0 Å². The molecule has 122 valence electrons. The number of carboxylic acids is 1. The van der Waals surface area contributed by atoms with Gasteiger partial charge in [-0.1, -0.05) is 0 Å². The lowest BCUT2D eigenvalue weighted by Crippen LogP contribution is -2.27. The first-order valence-corrected chi connectivity index (χ1v) is 7.35. The minimum Gasteiger partial charge on any atom is -0.478 e. The van der Waals surface area contributed by atoms with E-state index in [1.165, 1.54) is 6.07 Å². The molecule has 1 aliphatic heterocycles. The summed E-state index contributed by atoms with van der Waals surface area (Å²) in [6, 6.07) is 1.43. The third-order valence-corrected chi connectivity index (χ3v) is 3.51. The summed E-state index contributed by atoms with van der Waals surface area (Å²) in [5.74, 6) is -0.435. The highest BCUT2D eigenvalue weighted by molar-refractivity contribution is 5.88. The summed E-state index contributed by atoms with van der Waals surface area (Å²) in [4.78, 5) is 22.6. The number of carboxylic acid groups (broad SMARTS) is 1. The zero-order valence-corrected chi connectivity index (χ0v) is 12.6. The second-order valence-electron chi connectivity index (χ2n) is 5.20. The smallest absolute Gasteiger partial charge is 0.339 e. The lowest BCUT2D eigenvalue weighted by atomic mass is 10.1. The Kier molecular flexibility index (Phi) is 5.97. The zero-order chi connectivity index (χ0) is 15.9. The number of amides is 1. The number of carbonyl (C=O) groups is 2. The third kappa shape index (κ3) is 4.85. The molecule has 2 heterocycles. The third-order valence-electron chi connectivity index (χ3n) is 3.51. The molecular weight excluding hydrogens is 290 g/mol. The molecule has 1 amide bonds. The van der Waals surface area contributed by atoms with Crippen molar-refractivity contribution in [3.63, 3.8) is 0 Å². The molecule has 1 aromatic rings. The number of hydrogen-bond donors (Lipinski definition) is 2. The molecule has 0 unspecified atom stereocenters. The van der Waals surface area contributed by atoms with E-state index in [0.717, 1.165) is 12.8 Å². The van der Waals surface area contributed by atoms with Gasteiger partial charge < -0.3 is 24.3 Å². The van der Waals surface area contributed by atoms with E-state index >= 15 is 0 Å². The van der Waals surface area contributed by atoms with E-state index in [9.17, 15) is 9.59 Å². The van der Waals surface area contributed by atoms with Crippen LogP contribution in [0.4, 0.5) is 0 Å². The molecule has 7 nitrogen and oxygen atoms in total. The van der Waals surface area contributed by atoms with Gasteiger partial charge in [-0.15, -0.1) is 0 Å². The maximum atomic E-state index is 11.7. The molecule has 1 saturated heterocycles. The number of ether oxygens (including phenoxy) is 2. The number of furan rings is 1. The van der Waals surface area contributed by atoms with E-state index in [0.29, 0.717) is 31.3 Å². The van der Waals surface area contributed by atoms with Crippen molar-refractivity contribution >= 4 is 11.9 Å². The Morgan fingerprint density at radius 1 is 1.41 bits per heavy atom. The van der Waals surface area contributed by atoms with Gasteiger partial charge >= 0.3 is 5.97 Å². The van der Waals surface area contributed by atoms with Crippen LogP contribution in [0.1, 0.15) is 41.1 Å². The normalized spacial score (nSPS) is 15.7. The van der Waals surface area contributed by atoms with Crippen LogP contribution in [-0.2, 0) is 20.8 Å². The summed E-state index contributed by atoms with van der Waals surface area (Å²) in [5, 5.41) is 11.6. The minimum atomic E-state index is -1.04. The molecule has 0 saturated carbocycles. The maximum Gasteiger partial charge on any atom is 0.339 e. The lowest BCUT2D eigenvalue weighted by molar-refractivity contribution is -0.123. The highest BCUT2D eigenvalue weighted by Gasteiger charge is 2.16. The van der Waals surface area contributed by atoms with Crippen LogP contribution in [-0.4, -0.2) is 42.9 Å². The minimum absolute atomic E-state index is 0.118. The van der Waals surface area contributed by atoms with Crippen molar-refractivity contribution in [2.45, 2.75) is 38.8 Å². The SMILES string of the molecule is Cc1oc(CNC(=O)CCOC2CCOCC2)cc1C(=O)O. The van der Waals surface area contributed by atoms with Crippen LogP contribution in [0.25, 0.3) is 0 Å². The molecule has 0 atom stereocenters. The van der Waals surface area contributed by atoms with E-state index in [1.54, 1.807) is 6.92 Å². The van der Waals surface area contributed by atoms with Crippen LogP contribution in [0.2, 0.25) is 0 Å². The molecule has 2 rings (SSSR count). The predicted octanol–water partition coefficient (Wildman–Crippen LogP) is 1.49. The van der Waals surface area contributed by atoms with Gasteiger partial charge in [-0.25, -0.2) is 4.79 Å². The molecule has 0 aromatic carbocycles. The Bertz CT molecular complexity index is 518. The van der Waals surface area contributed by atoms with Gasteiger partial charge in [-0.2, -0.15) is 0 Å². The van der Waals surface area contributed by atoms with Crippen LogP contribution in [0, 0.1) is 6.92 Å². The van der Waals surface area contributed by atoms with Gasteiger partial charge in [0, 0.05) is 19.6 Å². The summed E-state index contributed by atoms with van der Waals surface area (Å²) in [5.41, 5.74) is 0.118. The van der Waals surface area contributed by atoms with E-state index in [-0.39, 0.29) is 30.5 Å². The highest BCUT2D eigenvalue weighted by Crippen LogP contribution is 2.14. The molecule has 2 N–H and O–H groups in total. The van der Waals surface area contributed by atoms with Gasteiger partial charge in [0.15, 0.2) is 0 Å². The van der Waals surface area contributed by atoms with E-state index < -0.39 is 5.97 Å². The summed E-state index contributed by atoms with van der Waals surface area (Å²) in [6.45, 7) is 3.54. The van der Waals surface area contributed by atoms with Crippen molar-refractivity contribution in [2.75, 3.05) is 19.8 Å². The first kappa shape index (κ1) is 16.5. The van der Waals surface area contributed by atoms with Crippen molar-refractivity contribution in [1.82, 2.24) is 5.32 Å². The fraction of sp³-hybridized carbons (Fsp3) is 0.600. The maximum absolute atomic E-state index is 11.7. The summed E-state index contributed by atoms with van der Waals surface area (Å²) in [7, 11) is 0. The number of carbonyl (C=O) groups excluding carboxylic acids is 1. The second-order valence-corrected chi connectivity index (χ2v) is 5.20. The molecule has 0 aliphatic carbocycles. The van der Waals surface area contributed by atoms with Gasteiger partial charge in [0.05, 0.1) is 19.3 Å². The van der Waals surface area contributed by atoms with Crippen LogP contribution in [0.3, 0.4) is 0 Å². The monoisotopic (exact) mass is 311 g/mol. The molecule has 22 heavy (non-hydrogen) atoms. The van der Waals surface area contributed by atoms with Crippen molar-refractivity contribution in [3.8, 4) is 0 Å². The molecule has 1 fully saturated rings. The number of aryl methyl sites for hydroxylation is 1. The Hall–Kier alpha value is -1.86. The number of rotatable bonds is 7. The van der Waals surface area contributed by atoms with Gasteiger partial charge in [0.2, 0.25) is 5.91 Å². The summed E-state index contributed by atoms with van der Waals surface area (Å²) >= 11 is 0. The average Bonchev–Trinajstić information content (AvgIpc) is 2.87. The second kappa shape index (κ2) is 7.95. The Labute approximate surface area is 128 Å². The molecule has 0 bridgehead atoms. The summed E-state index contributed by atoms with van der Waals surface area (Å²) in [6.07, 6.45) is 2.17. The molecule has 1 aliphatic rings. The zero-order valence-electron chi connectivity index (χ0n) is 12.6. The molecule has 0 spiro atoms. The molecule has 7 heteroatoms. The van der Waals surface area contributed by atoms with Gasteiger partial charge in [0.25, 0.3) is 0 Å². The van der Waals surface area contributed by atoms with E-state index in [1.807, 2.05) is 0 Å². The number of hydrogen-bond acceptors (Lipinski definition) is 5. The Balaban J connectivity index is 1.66. The van der Waals surface area contributed by atoms with Crippen LogP contribution < -0.4 is 5.32 Å². The van der Waals surface area contributed by atoms with Gasteiger partial charge in [-0.3, -0.25) is 4.79 Å². The standard InChI is InChI=1S/C15H21NO6/c1-10-13(15(18)19)8-12(22-10)9-16-14(17)4-7-21-11-2-5-20-6-3-11/h8,11H,2-7,9H2,1H3,(H,16,17)(H,18,19). The van der Waals surface area contributed by atoms with Crippen molar-refractivity contribution < 1.29 is 28.6 Å². The van der Waals surface area contributed by atoms with Crippen molar-refractivity contribution in [2.24, 2.45) is 0 Å². The fourth-order valence-corrected chi connectivity index (χ4v) is 2.28. The molecular formula is C15H21NO6. The average molecular weight is 311 g/mol. The lowest BCUT2D eigenvalue weighted by Gasteiger charge is -2.22. The first-order chi connectivity index (χ1) is 10.6. The topological polar surface area (TPSA) is 98.0 Å². The van der Waals surface area contributed by atoms with Crippen molar-refractivity contribution in [1.29, 1.82) is 0 Å². The van der Waals surface area contributed by atoms with Crippen LogP contribution in [0.15, 0.2) is 10.5 Å². The molecule has 0 radical (unpaired) electrons. The fourth-order valence-electron chi connectivity index (χ4n) is 2.28. The Morgan fingerprint density at radius 3 is 2.77 bits per heavy atom. The van der Waals surface area contributed by atoms with Crippen molar-refractivity contribution in [3.05, 3.63) is 23.2 Å². The number of nitrogens with one attached hydrogen (secondary N) is 1. The summed E-state index contributed by atoms with van der Waals surface area (Å²) < 4.78 is 16.1. The van der Waals surface area contributed by atoms with Gasteiger partial charge in [-0.05, 0) is 25.8 Å².